The highest BCUT2D eigenvalue weighted by Gasteiger charge is 2.28. The summed E-state index contributed by atoms with van der Waals surface area (Å²) in [6.07, 6.45) is 3.35. The zero-order valence-electron chi connectivity index (χ0n) is 11.9. The van der Waals surface area contributed by atoms with Crippen molar-refractivity contribution in [3.63, 3.8) is 0 Å². The molecule has 0 aromatic rings. The Morgan fingerprint density at radius 2 is 1.79 bits per heavy atom. The van der Waals surface area contributed by atoms with Gasteiger partial charge in [0.1, 0.15) is 5.60 Å². The molecule has 0 radical (unpaired) electrons. The Hall–Kier alpha value is -1.30. The van der Waals surface area contributed by atoms with Crippen molar-refractivity contribution in [3.05, 3.63) is 0 Å². The number of rotatable bonds is 4. The van der Waals surface area contributed by atoms with E-state index < -0.39 is 17.7 Å². The van der Waals surface area contributed by atoms with Crippen molar-refractivity contribution in [2.75, 3.05) is 6.54 Å². The first kappa shape index (κ1) is 15.8. The van der Waals surface area contributed by atoms with Gasteiger partial charge in [-0.2, -0.15) is 0 Å². The highest BCUT2D eigenvalue weighted by molar-refractivity contribution is 5.69. The van der Waals surface area contributed by atoms with Crippen LogP contribution >= 0.6 is 0 Å². The molecular weight excluding hydrogens is 248 g/mol. The minimum atomic E-state index is -0.887. The Morgan fingerprint density at radius 1 is 1.21 bits per heavy atom. The number of nitrogens with one attached hydrogen (secondary N) is 2. The van der Waals surface area contributed by atoms with E-state index in [1.54, 1.807) is 0 Å². The molecule has 19 heavy (non-hydrogen) atoms. The van der Waals surface area contributed by atoms with E-state index in [9.17, 15) is 9.59 Å². The largest absolute Gasteiger partial charge is 0.480 e. The molecule has 0 unspecified atom stereocenters. The summed E-state index contributed by atoms with van der Waals surface area (Å²) in [5, 5.41) is 14.5. The van der Waals surface area contributed by atoms with E-state index in [4.69, 9.17) is 9.84 Å². The Labute approximate surface area is 113 Å². The van der Waals surface area contributed by atoms with Crippen LogP contribution in [0.15, 0.2) is 0 Å². The van der Waals surface area contributed by atoms with Crippen LogP contribution in [-0.4, -0.2) is 41.4 Å². The van der Waals surface area contributed by atoms with Gasteiger partial charge in [-0.15, -0.1) is 0 Å². The lowest BCUT2D eigenvalue weighted by molar-refractivity contribution is -0.136. The fourth-order valence-corrected chi connectivity index (χ4v) is 2.23. The maximum absolute atomic E-state index is 11.7. The standard InChI is InChI=1S/C13H24N2O4/c1-13(2,3)19-12(18)15-10-7-5-4-6-9(10)14-8-11(16)17/h9-10,14H,4-8H2,1-3H3,(H,15,18)(H,16,17)/t9-,10+/m0/s1. The second-order valence-electron chi connectivity index (χ2n) is 5.92. The first-order valence-corrected chi connectivity index (χ1v) is 6.72. The van der Waals surface area contributed by atoms with Gasteiger partial charge in [0.2, 0.25) is 0 Å². The smallest absolute Gasteiger partial charge is 0.407 e. The van der Waals surface area contributed by atoms with Gasteiger partial charge in [0.15, 0.2) is 0 Å². The van der Waals surface area contributed by atoms with Crippen molar-refractivity contribution < 1.29 is 19.4 Å². The number of hydrogen-bond acceptors (Lipinski definition) is 4. The van der Waals surface area contributed by atoms with Crippen LogP contribution in [0.4, 0.5) is 4.79 Å². The molecule has 1 rings (SSSR count). The predicted octanol–water partition coefficient (Wildman–Crippen LogP) is 1.50. The van der Waals surface area contributed by atoms with Crippen molar-refractivity contribution in [2.24, 2.45) is 0 Å². The van der Waals surface area contributed by atoms with Crippen LogP contribution in [-0.2, 0) is 9.53 Å². The fraction of sp³-hybridized carbons (Fsp3) is 0.846. The summed E-state index contributed by atoms with van der Waals surface area (Å²) in [5.74, 6) is -0.887. The normalized spacial score (nSPS) is 23.7. The zero-order valence-corrected chi connectivity index (χ0v) is 11.9. The molecule has 0 spiro atoms. The maximum Gasteiger partial charge on any atom is 0.407 e. The van der Waals surface area contributed by atoms with Crippen LogP contribution in [0.2, 0.25) is 0 Å². The Morgan fingerprint density at radius 3 is 2.32 bits per heavy atom. The number of carbonyl (C=O) groups excluding carboxylic acids is 1. The number of carbonyl (C=O) groups is 2. The molecule has 2 atom stereocenters. The summed E-state index contributed by atoms with van der Waals surface area (Å²) in [4.78, 5) is 22.3. The Kier molecular flexibility index (Phi) is 5.60. The van der Waals surface area contributed by atoms with Gasteiger partial charge in [0.25, 0.3) is 0 Å². The van der Waals surface area contributed by atoms with Crippen molar-refractivity contribution in [2.45, 2.75) is 64.1 Å². The lowest BCUT2D eigenvalue weighted by atomic mass is 9.90. The van der Waals surface area contributed by atoms with E-state index in [-0.39, 0.29) is 18.6 Å². The van der Waals surface area contributed by atoms with Gasteiger partial charge in [-0.25, -0.2) is 4.79 Å². The number of amides is 1. The SMILES string of the molecule is CC(C)(C)OC(=O)N[C@@H]1CCCC[C@@H]1NCC(=O)O. The average Bonchev–Trinajstić information content (AvgIpc) is 2.25. The van der Waals surface area contributed by atoms with Gasteiger partial charge in [-0.3, -0.25) is 4.79 Å². The van der Waals surface area contributed by atoms with Gasteiger partial charge in [-0.05, 0) is 33.6 Å². The molecule has 0 aliphatic heterocycles. The van der Waals surface area contributed by atoms with Crippen LogP contribution in [0.5, 0.6) is 0 Å². The van der Waals surface area contributed by atoms with E-state index in [0.717, 1.165) is 25.7 Å². The number of hydrogen-bond donors (Lipinski definition) is 3. The van der Waals surface area contributed by atoms with Gasteiger partial charge >= 0.3 is 12.1 Å². The topological polar surface area (TPSA) is 87.7 Å². The molecule has 110 valence electrons. The van der Waals surface area contributed by atoms with Gasteiger partial charge < -0.3 is 20.5 Å². The second kappa shape index (κ2) is 6.75. The number of ether oxygens (including phenoxy) is 1. The van der Waals surface area contributed by atoms with Crippen molar-refractivity contribution >= 4 is 12.1 Å². The van der Waals surface area contributed by atoms with Crippen molar-refractivity contribution in [1.29, 1.82) is 0 Å². The van der Waals surface area contributed by atoms with E-state index in [1.807, 2.05) is 20.8 Å². The first-order chi connectivity index (χ1) is 8.78. The zero-order chi connectivity index (χ0) is 14.5. The lowest BCUT2D eigenvalue weighted by Gasteiger charge is -2.33. The molecule has 3 N–H and O–H groups in total. The highest BCUT2D eigenvalue weighted by atomic mass is 16.6. The van der Waals surface area contributed by atoms with E-state index in [0.29, 0.717) is 0 Å². The molecule has 1 amide bonds. The molecule has 1 saturated carbocycles. The lowest BCUT2D eigenvalue weighted by Crippen LogP contribution is -2.53. The molecule has 0 bridgehead atoms. The molecule has 1 aliphatic rings. The predicted molar refractivity (Wildman–Crippen MR) is 71.1 cm³/mol. The summed E-state index contributed by atoms with van der Waals surface area (Å²) in [6, 6.07) is -0.0691. The average molecular weight is 272 g/mol. The highest BCUT2D eigenvalue weighted by Crippen LogP contribution is 2.19. The molecule has 1 aliphatic carbocycles. The van der Waals surface area contributed by atoms with Crippen molar-refractivity contribution in [3.8, 4) is 0 Å². The monoisotopic (exact) mass is 272 g/mol. The molecule has 0 saturated heterocycles. The maximum atomic E-state index is 11.7. The van der Waals surface area contributed by atoms with E-state index in [1.165, 1.54) is 0 Å². The fourth-order valence-electron chi connectivity index (χ4n) is 2.23. The minimum absolute atomic E-state index is 0.00244. The number of carboxylic acids is 1. The minimum Gasteiger partial charge on any atom is -0.480 e. The Balaban J connectivity index is 2.47. The summed E-state index contributed by atoms with van der Waals surface area (Å²) in [6.45, 7) is 5.35. The van der Waals surface area contributed by atoms with Crippen LogP contribution in [0.1, 0.15) is 46.5 Å². The van der Waals surface area contributed by atoms with Crippen LogP contribution in [0.25, 0.3) is 0 Å². The third-order valence-corrected chi connectivity index (χ3v) is 2.98. The third kappa shape index (κ3) is 6.42. The summed E-state index contributed by atoms with van der Waals surface area (Å²) in [5.41, 5.74) is -0.525. The molecular formula is C13H24N2O4. The number of alkyl carbamates (subject to hydrolysis) is 1. The number of aliphatic carboxylic acids is 1. The van der Waals surface area contributed by atoms with Crippen LogP contribution < -0.4 is 10.6 Å². The van der Waals surface area contributed by atoms with E-state index in [2.05, 4.69) is 10.6 Å². The van der Waals surface area contributed by atoms with Gasteiger partial charge in [0, 0.05) is 12.1 Å². The quantitative estimate of drug-likeness (QED) is 0.722. The molecule has 6 nitrogen and oxygen atoms in total. The number of carboxylic acid groups (broad SMARTS) is 1. The second-order valence-corrected chi connectivity index (χ2v) is 5.92. The van der Waals surface area contributed by atoms with Crippen LogP contribution in [0.3, 0.4) is 0 Å². The third-order valence-electron chi connectivity index (χ3n) is 2.98. The Bertz CT molecular complexity index is 325. The molecule has 0 heterocycles. The molecule has 0 aromatic carbocycles. The summed E-state index contributed by atoms with van der Waals surface area (Å²) < 4.78 is 5.22. The van der Waals surface area contributed by atoms with Gasteiger partial charge in [0.05, 0.1) is 6.54 Å². The molecule has 6 heteroatoms. The summed E-state index contributed by atoms with van der Waals surface area (Å²) in [7, 11) is 0. The van der Waals surface area contributed by atoms with Crippen molar-refractivity contribution in [1.82, 2.24) is 10.6 Å². The van der Waals surface area contributed by atoms with Crippen LogP contribution in [0, 0.1) is 0 Å². The van der Waals surface area contributed by atoms with E-state index >= 15 is 0 Å². The molecule has 1 fully saturated rings. The molecule has 0 aromatic heterocycles. The first-order valence-electron chi connectivity index (χ1n) is 6.72. The van der Waals surface area contributed by atoms with Gasteiger partial charge in [-0.1, -0.05) is 12.8 Å². The summed E-state index contributed by atoms with van der Waals surface area (Å²) >= 11 is 0.